The smallest absolute Gasteiger partial charge is 0.247 e. The Hall–Kier alpha value is -2.66. The summed E-state index contributed by atoms with van der Waals surface area (Å²) in [5.74, 6) is -0.280. The quantitative estimate of drug-likeness (QED) is 0.706. The lowest BCUT2D eigenvalue weighted by atomic mass is 9.95. The molecule has 4 rings (SSSR count). The maximum Gasteiger partial charge on any atom is 0.247 e. The maximum absolute atomic E-state index is 14.0. The highest BCUT2D eigenvalue weighted by Crippen LogP contribution is 2.31. The summed E-state index contributed by atoms with van der Waals surface area (Å²) in [6.45, 7) is 4.52. The van der Waals surface area contributed by atoms with Gasteiger partial charge in [0.25, 0.3) is 0 Å². The van der Waals surface area contributed by atoms with Crippen LogP contribution in [0.1, 0.15) is 36.4 Å². The number of hydrogen-bond donors (Lipinski definition) is 0. The molecule has 2 aliphatic heterocycles. The third-order valence-corrected chi connectivity index (χ3v) is 6.21. The summed E-state index contributed by atoms with van der Waals surface area (Å²) < 4.78 is 14.0. The summed E-state index contributed by atoms with van der Waals surface area (Å²) in [6.07, 6.45) is 6.54. The number of anilines is 1. The second kappa shape index (κ2) is 9.43. The Bertz CT molecular complexity index is 891. The largest absolute Gasteiger partial charge is 0.368 e. The van der Waals surface area contributed by atoms with Crippen molar-refractivity contribution in [3.63, 3.8) is 0 Å². The van der Waals surface area contributed by atoms with Crippen molar-refractivity contribution in [3.05, 3.63) is 71.6 Å². The fraction of sp³-hybridized carbons (Fsp3) is 0.400. The number of carbonyl (C=O) groups is 1. The second-order valence-corrected chi connectivity index (χ2v) is 8.28. The molecular formula is C25H30FN3O. The number of halogens is 1. The monoisotopic (exact) mass is 407 g/mol. The first kappa shape index (κ1) is 20.6. The van der Waals surface area contributed by atoms with E-state index < -0.39 is 0 Å². The van der Waals surface area contributed by atoms with E-state index in [1.54, 1.807) is 12.2 Å². The van der Waals surface area contributed by atoms with Gasteiger partial charge in [-0.25, -0.2) is 4.39 Å². The van der Waals surface area contributed by atoms with Crippen LogP contribution in [0, 0.1) is 5.82 Å². The van der Waals surface area contributed by atoms with Crippen LogP contribution in [0.15, 0.2) is 54.6 Å². The third-order valence-electron chi connectivity index (χ3n) is 6.21. The molecule has 2 aliphatic rings. The number of rotatable bonds is 4. The molecule has 0 N–H and O–H groups in total. The first-order valence-electron chi connectivity index (χ1n) is 10.9. The lowest BCUT2D eigenvalue weighted by Crippen LogP contribution is -2.44. The lowest BCUT2D eigenvalue weighted by molar-refractivity contribution is -0.129. The van der Waals surface area contributed by atoms with Gasteiger partial charge >= 0.3 is 0 Å². The molecule has 0 saturated carbocycles. The van der Waals surface area contributed by atoms with Crippen molar-refractivity contribution in [2.45, 2.75) is 25.3 Å². The normalized spacial score (nSPS) is 20.7. The van der Waals surface area contributed by atoms with Crippen molar-refractivity contribution in [3.8, 4) is 0 Å². The standard InChI is InChI=1S/C25H30FN3O/c1-27-15-17-28(18-16-27)23-12-11-22(26)19-21(23)10-13-25(30)29-14-6-5-9-24(29)20-7-3-2-4-8-20/h2-4,7-8,10-13,19,24H,5-6,9,14-18H2,1H3. The summed E-state index contributed by atoms with van der Waals surface area (Å²) in [5.41, 5.74) is 2.94. The van der Waals surface area contributed by atoms with Gasteiger partial charge in [-0.2, -0.15) is 0 Å². The van der Waals surface area contributed by atoms with E-state index in [1.807, 2.05) is 29.2 Å². The van der Waals surface area contributed by atoms with Gasteiger partial charge in [-0.3, -0.25) is 4.79 Å². The number of carbonyl (C=O) groups excluding carboxylic acids is 1. The predicted octanol–water partition coefficient (Wildman–Crippen LogP) is 4.34. The molecule has 1 amide bonds. The van der Waals surface area contributed by atoms with E-state index in [4.69, 9.17) is 0 Å². The van der Waals surface area contributed by atoms with Gasteiger partial charge in [-0.15, -0.1) is 0 Å². The molecule has 0 aliphatic carbocycles. The number of hydrogen-bond acceptors (Lipinski definition) is 3. The van der Waals surface area contributed by atoms with Crippen LogP contribution in [0.25, 0.3) is 6.08 Å². The summed E-state index contributed by atoms with van der Waals surface area (Å²) >= 11 is 0. The Kier molecular flexibility index (Phi) is 6.48. The van der Waals surface area contributed by atoms with Crippen LogP contribution in [0.5, 0.6) is 0 Å². The zero-order valence-corrected chi connectivity index (χ0v) is 17.6. The Labute approximate surface area is 178 Å². The van der Waals surface area contributed by atoms with Gasteiger partial charge in [0, 0.05) is 50.1 Å². The minimum absolute atomic E-state index is 0.00265. The van der Waals surface area contributed by atoms with Gasteiger partial charge in [0.15, 0.2) is 0 Å². The Morgan fingerprint density at radius 2 is 1.77 bits per heavy atom. The average molecular weight is 408 g/mol. The summed E-state index contributed by atoms with van der Waals surface area (Å²) in [5, 5.41) is 0. The molecule has 0 radical (unpaired) electrons. The molecule has 0 bridgehead atoms. The van der Waals surface area contributed by atoms with Gasteiger partial charge in [0.2, 0.25) is 5.91 Å². The van der Waals surface area contributed by atoms with E-state index in [0.29, 0.717) is 0 Å². The molecule has 4 nitrogen and oxygen atoms in total. The highest BCUT2D eigenvalue weighted by molar-refractivity contribution is 5.93. The molecule has 5 heteroatoms. The van der Waals surface area contributed by atoms with Crippen molar-refractivity contribution in [1.82, 2.24) is 9.80 Å². The molecule has 2 aromatic carbocycles. The highest BCUT2D eigenvalue weighted by atomic mass is 19.1. The summed E-state index contributed by atoms with van der Waals surface area (Å²) in [4.78, 5) is 19.6. The number of piperazine rings is 1. The number of likely N-dealkylation sites (N-methyl/N-ethyl adjacent to an activating group) is 1. The molecule has 30 heavy (non-hydrogen) atoms. The number of benzene rings is 2. The van der Waals surface area contributed by atoms with Gasteiger partial charge < -0.3 is 14.7 Å². The predicted molar refractivity (Wildman–Crippen MR) is 120 cm³/mol. The topological polar surface area (TPSA) is 26.8 Å². The summed E-state index contributed by atoms with van der Waals surface area (Å²) in [7, 11) is 2.11. The van der Waals surface area contributed by atoms with Crippen molar-refractivity contribution < 1.29 is 9.18 Å². The van der Waals surface area contributed by atoms with E-state index in [0.717, 1.165) is 63.2 Å². The van der Waals surface area contributed by atoms with Gasteiger partial charge in [-0.1, -0.05) is 30.3 Å². The molecule has 2 heterocycles. The van der Waals surface area contributed by atoms with E-state index in [-0.39, 0.29) is 17.8 Å². The minimum atomic E-state index is -0.278. The van der Waals surface area contributed by atoms with Crippen LogP contribution >= 0.6 is 0 Å². The zero-order chi connectivity index (χ0) is 20.9. The van der Waals surface area contributed by atoms with Crippen molar-refractivity contribution >= 4 is 17.7 Å². The molecule has 2 aromatic rings. The van der Waals surface area contributed by atoms with Crippen molar-refractivity contribution in [1.29, 1.82) is 0 Å². The van der Waals surface area contributed by atoms with E-state index in [1.165, 1.54) is 17.7 Å². The maximum atomic E-state index is 14.0. The first-order valence-corrected chi connectivity index (χ1v) is 10.9. The Balaban J connectivity index is 1.54. The fourth-order valence-corrected chi connectivity index (χ4v) is 4.47. The molecule has 1 atom stereocenters. The van der Waals surface area contributed by atoms with Gasteiger partial charge in [0.1, 0.15) is 5.82 Å². The molecule has 1 unspecified atom stereocenters. The number of piperidine rings is 1. The molecule has 2 fully saturated rings. The van der Waals surface area contributed by atoms with Crippen LogP contribution in [-0.4, -0.2) is 55.5 Å². The number of nitrogens with zero attached hydrogens (tertiary/aromatic N) is 3. The van der Waals surface area contributed by atoms with Crippen LogP contribution in [0.2, 0.25) is 0 Å². The van der Waals surface area contributed by atoms with Gasteiger partial charge in [0.05, 0.1) is 6.04 Å². The van der Waals surface area contributed by atoms with Crippen LogP contribution in [0.3, 0.4) is 0 Å². The molecular weight excluding hydrogens is 377 g/mol. The summed E-state index contributed by atoms with van der Waals surface area (Å²) in [6, 6.07) is 15.2. The van der Waals surface area contributed by atoms with E-state index >= 15 is 0 Å². The Morgan fingerprint density at radius 3 is 2.53 bits per heavy atom. The Morgan fingerprint density at radius 1 is 1.00 bits per heavy atom. The zero-order valence-electron chi connectivity index (χ0n) is 17.6. The second-order valence-electron chi connectivity index (χ2n) is 8.28. The SMILES string of the molecule is CN1CCN(c2ccc(F)cc2C=CC(=O)N2CCCCC2c2ccccc2)CC1. The molecule has 0 spiro atoms. The van der Waals surface area contributed by atoms with Crippen molar-refractivity contribution in [2.75, 3.05) is 44.7 Å². The highest BCUT2D eigenvalue weighted by Gasteiger charge is 2.26. The molecule has 0 aromatic heterocycles. The average Bonchev–Trinajstić information content (AvgIpc) is 2.79. The number of amides is 1. The van der Waals surface area contributed by atoms with E-state index in [2.05, 4.69) is 29.0 Å². The van der Waals surface area contributed by atoms with Crippen LogP contribution < -0.4 is 4.90 Å². The molecule has 158 valence electrons. The van der Waals surface area contributed by atoms with Crippen molar-refractivity contribution in [2.24, 2.45) is 0 Å². The van der Waals surface area contributed by atoms with Crippen LogP contribution in [0.4, 0.5) is 10.1 Å². The fourth-order valence-electron chi connectivity index (χ4n) is 4.47. The first-order chi connectivity index (χ1) is 14.6. The van der Waals surface area contributed by atoms with E-state index in [9.17, 15) is 9.18 Å². The van der Waals surface area contributed by atoms with Gasteiger partial charge in [-0.05, 0) is 56.1 Å². The lowest BCUT2D eigenvalue weighted by Gasteiger charge is -2.36. The molecule has 2 saturated heterocycles. The minimum Gasteiger partial charge on any atom is -0.368 e. The number of likely N-dealkylation sites (tertiary alicyclic amines) is 1. The van der Waals surface area contributed by atoms with Crippen LogP contribution in [-0.2, 0) is 4.79 Å². The third kappa shape index (κ3) is 4.73.